The lowest BCUT2D eigenvalue weighted by atomic mass is 10.1. The van der Waals surface area contributed by atoms with Gasteiger partial charge in [-0.1, -0.05) is 0 Å². The Morgan fingerprint density at radius 3 is 2.20 bits per heavy atom. The molecule has 0 N–H and O–H groups in total. The van der Waals surface area contributed by atoms with Gasteiger partial charge in [-0.05, 0) is 43.0 Å². The number of furan rings is 1. The molecule has 7 heteroatoms. The second-order valence-electron chi connectivity index (χ2n) is 5.89. The van der Waals surface area contributed by atoms with Crippen LogP contribution in [0, 0.1) is 17.6 Å². The lowest BCUT2D eigenvalue weighted by molar-refractivity contribution is 0.285. The van der Waals surface area contributed by atoms with Gasteiger partial charge in [-0.2, -0.15) is 17.6 Å². The predicted octanol–water partition coefficient (Wildman–Crippen LogP) is 5.77. The van der Waals surface area contributed by atoms with Crippen LogP contribution in [0.1, 0.15) is 12.8 Å². The van der Waals surface area contributed by atoms with Crippen LogP contribution in [-0.2, 0) is 0 Å². The fourth-order valence-electron chi connectivity index (χ4n) is 2.60. The first-order chi connectivity index (χ1) is 12.0. The second kappa shape index (κ2) is 5.98. The van der Waals surface area contributed by atoms with Crippen LogP contribution in [0.25, 0.3) is 21.9 Å². The Balaban J connectivity index is 1.78. The van der Waals surface area contributed by atoms with Gasteiger partial charge in [0.2, 0.25) is 11.6 Å². The molecular weight excluding hydrogens is 340 g/mol. The van der Waals surface area contributed by atoms with Crippen LogP contribution in [-0.4, -0.2) is 6.61 Å². The highest BCUT2D eigenvalue weighted by atomic mass is 19.3. The number of fused-ring (bicyclic) bond motifs is 3. The van der Waals surface area contributed by atoms with E-state index in [2.05, 4.69) is 4.74 Å². The fourth-order valence-corrected chi connectivity index (χ4v) is 2.60. The van der Waals surface area contributed by atoms with Crippen LogP contribution < -0.4 is 9.47 Å². The van der Waals surface area contributed by atoms with Gasteiger partial charge in [0.15, 0.2) is 28.9 Å². The number of hydrogen-bond acceptors (Lipinski definition) is 3. The highest BCUT2D eigenvalue weighted by molar-refractivity contribution is 6.06. The molecule has 1 fully saturated rings. The van der Waals surface area contributed by atoms with Crippen molar-refractivity contribution in [3.05, 3.63) is 48.2 Å². The van der Waals surface area contributed by atoms with E-state index in [1.165, 1.54) is 18.2 Å². The zero-order valence-electron chi connectivity index (χ0n) is 12.8. The molecular formula is C18H12F4O3. The Hall–Kier alpha value is -2.70. The van der Waals surface area contributed by atoms with Crippen molar-refractivity contribution >= 4 is 21.9 Å². The Morgan fingerprint density at radius 1 is 1.00 bits per heavy atom. The fraction of sp³-hybridized carbons (Fsp3) is 0.222. The van der Waals surface area contributed by atoms with Crippen LogP contribution >= 0.6 is 0 Å². The average molecular weight is 352 g/mol. The van der Waals surface area contributed by atoms with Gasteiger partial charge in [-0.3, -0.25) is 0 Å². The highest BCUT2D eigenvalue weighted by Crippen LogP contribution is 2.38. The van der Waals surface area contributed by atoms with Crippen molar-refractivity contribution in [3.63, 3.8) is 0 Å². The SMILES string of the molecule is FC(F)=COc1ccc2c(oc3c(F)c(OCC4CC4)ccc32)c1F. The third kappa shape index (κ3) is 2.90. The maximum absolute atomic E-state index is 14.6. The molecule has 0 atom stereocenters. The summed E-state index contributed by atoms with van der Waals surface area (Å²) >= 11 is 0. The van der Waals surface area contributed by atoms with Gasteiger partial charge in [0, 0.05) is 10.8 Å². The van der Waals surface area contributed by atoms with E-state index < -0.39 is 23.5 Å². The zero-order chi connectivity index (χ0) is 17.6. The van der Waals surface area contributed by atoms with Crippen molar-refractivity contribution in [2.45, 2.75) is 12.8 Å². The minimum Gasteiger partial charge on any atom is -0.490 e. The predicted molar refractivity (Wildman–Crippen MR) is 82.8 cm³/mol. The van der Waals surface area contributed by atoms with Crippen LogP contribution in [0.4, 0.5) is 17.6 Å². The first-order valence-corrected chi connectivity index (χ1v) is 7.68. The largest absolute Gasteiger partial charge is 0.490 e. The van der Waals surface area contributed by atoms with Gasteiger partial charge in [-0.15, -0.1) is 0 Å². The lowest BCUT2D eigenvalue weighted by Crippen LogP contribution is -2.00. The minimum absolute atomic E-state index is 0.0396. The van der Waals surface area contributed by atoms with E-state index in [1.807, 2.05) is 0 Å². The third-order valence-electron chi connectivity index (χ3n) is 4.06. The topological polar surface area (TPSA) is 31.6 Å². The van der Waals surface area contributed by atoms with Gasteiger partial charge in [0.25, 0.3) is 0 Å². The quantitative estimate of drug-likeness (QED) is 0.431. The van der Waals surface area contributed by atoms with Gasteiger partial charge >= 0.3 is 6.08 Å². The van der Waals surface area contributed by atoms with E-state index in [9.17, 15) is 17.6 Å². The molecule has 0 amide bonds. The van der Waals surface area contributed by atoms with Gasteiger partial charge in [-0.25, -0.2) is 0 Å². The zero-order valence-corrected chi connectivity index (χ0v) is 12.8. The molecule has 0 saturated heterocycles. The molecule has 0 spiro atoms. The summed E-state index contributed by atoms with van der Waals surface area (Å²) in [5, 5.41) is 0.682. The number of rotatable bonds is 5. The second-order valence-corrected chi connectivity index (χ2v) is 5.89. The number of ether oxygens (including phenoxy) is 2. The van der Waals surface area contributed by atoms with E-state index in [1.54, 1.807) is 6.07 Å². The molecule has 1 saturated carbocycles. The summed E-state index contributed by atoms with van der Waals surface area (Å²) in [5.74, 6) is -1.65. The summed E-state index contributed by atoms with van der Waals surface area (Å²) in [6.45, 7) is 0.427. The summed E-state index contributed by atoms with van der Waals surface area (Å²) in [6, 6.07) is 5.65. The minimum atomic E-state index is -2.10. The van der Waals surface area contributed by atoms with Gasteiger partial charge in [0.05, 0.1) is 6.61 Å². The van der Waals surface area contributed by atoms with Crippen LogP contribution in [0.3, 0.4) is 0 Å². The Morgan fingerprint density at radius 2 is 1.60 bits per heavy atom. The molecule has 1 aromatic heterocycles. The van der Waals surface area contributed by atoms with Crippen molar-refractivity contribution in [2.24, 2.45) is 5.92 Å². The molecule has 0 bridgehead atoms. The summed E-state index contributed by atoms with van der Waals surface area (Å²) in [5.41, 5.74) is -0.412. The molecule has 0 unspecified atom stereocenters. The maximum Gasteiger partial charge on any atom is 0.305 e. The Bertz CT molecular complexity index is 985. The number of hydrogen-bond donors (Lipinski definition) is 0. The lowest BCUT2D eigenvalue weighted by Gasteiger charge is -2.05. The van der Waals surface area contributed by atoms with Crippen molar-refractivity contribution in [2.75, 3.05) is 6.61 Å². The molecule has 4 rings (SSSR count). The molecule has 2 aromatic carbocycles. The van der Waals surface area contributed by atoms with Gasteiger partial charge in [0.1, 0.15) is 0 Å². The molecule has 130 valence electrons. The van der Waals surface area contributed by atoms with Crippen LogP contribution in [0.15, 0.2) is 41.0 Å². The van der Waals surface area contributed by atoms with Crippen molar-refractivity contribution in [3.8, 4) is 11.5 Å². The monoisotopic (exact) mass is 352 g/mol. The summed E-state index contributed by atoms with van der Waals surface area (Å²) in [7, 11) is 0. The van der Waals surface area contributed by atoms with E-state index >= 15 is 0 Å². The normalized spacial score (nSPS) is 14.1. The smallest absolute Gasteiger partial charge is 0.305 e. The Kier molecular flexibility index (Phi) is 3.78. The van der Waals surface area contributed by atoms with Crippen molar-refractivity contribution < 1.29 is 31.5 Å². The molecule has 1 aliphatic carbocycles. The molecule has 1 heterocycles. The highest BCUT2D eigenvalue weighted by Gasteiger charge is 2.24. The molecule has 25 heavy (non-hydrogen) atoms. The van der Waals surface area contributed by atoms with Crippen LogP contribution in [0.2, 0.25) is 0 Å². The van der Waals surface area contributed by atoms with E-state index in [-0.39, 0.29) is 23.2 Å². The first kappa shape index (κ1) is 15.8. The molecule has 3 nitrogen and oxygen atoms in total. The summed E-state index contributed by atoms with van der Waals surface area (Å²) < 4.78 is 68.5. The van der Waals surface area contributed by atoms with E-state index in [0.29, 0.717) is 23.3 Å². The molecule has 0 aliphatic heterocycles. The standard InChI is InChI=1S/C18H12F4O3/c19-14(20)8-24-13-6-4-11-10-3-5-12(23-7-9-1-2-9)15(21)17(10)25-18(11)16(13)22/h3-6,8-9H,1-2,7H2. The van der Waals surface area contributed by atoms with E-state index in [4.69, 9.17) is 9.15 Å². The third-order valence-corrected chi connectivity index (χ3v) is 4.06. The summed E-state index contributed by atoms with van der Waals surface area (Å²) in [6.07, 6.45) is 0.150. The van der Waals surface area contributed by atoms with Gasteiger partial charge < -0.3 is 13.9 Å². The molecule has 3 aromatic rings. The number of benzene rings is 2. The first-order valence-electron chi connectivity index (χ1n) is 7.68. The Labute approximate surface area is 139 Å². The van der Waals surface area contributed by atoms with Crippen molar-refractivity contribution in [1.29, 1.82) is 0 Å². The maximum atomic E-state index is 14.6. The molecule has 0 radical (unpaired) electrons. The number of halogens is 4. The van der Waals surface area contributed by atoms with Crippen LogP contribution in [0.5, 0.6) is 11.5 Å². The van der Waals surface area contributed by atoms with Crippen molar-refractivity contribution in [1.82, 2.24) is 0 Å². The van der Waals surface area contributed by atoms with E-state index in [0.717, 1.165) is 12.8 Å². The average Bonchev–Trinajstić information content (AvgIpc) is 3.33. The summed E-state index contributed by atoms with van der Waals surface area (Å²) in [4.78, 5) is 0. The molecule has 1 aliphatic rings.